The lowest BCUT2D eigenvalue weighted by Crippen LogP contribution is -2.02. The average Bonchev–Trinajstić information content (AvgIpc) is 1.81. The zero-order chi connectivity index (χ0) is 8.15. The van der Waals surface area contributed by atoms with E-state index in [0.717, 1.165) is 0 Å². The summed E-state index contributed by atoms with van der Waals surface area (Å²) in [7, 11) is 0. The van der Waals surface area contributed by atoms with Crippen LogP contribution in [0, 0.1) is 10.1 Å². The Morgan fingerprint density at radius 1 is 1.70 bits per heavy atom. The van der Waals surface area contributed by atoms with Crippen molar-refractivity contribution in [1.29, 1.82) is 0 Å². The Bertz CT molecular complexity index is 183. The number of hydrogen-bond acceptors (Lipinski definition) is 3. The van der Waals surface area contributed by atoms with E-state index in [9.17, 15) is 14.9 Å². The number of nitrogens with zero attached hydrogens (tertiary/aromatic N) is 1. The highest BCUT2D eigenvalue weighted by molar-refractivity contribution is 5.77. The maximum Gasteiger partial charge on any atom is 0.249 e. The van der Waals surface area contributed by atoms with Gasteiger partial charge in [0.2, 0.25) is 5.70 Å². The molecule has 0 radical (unpaired) electrons. The molecule has 10 heavy (non-hydrogen) atoms. The number of hydrogen-bond donors (Lipinski definition) is 0. The van der Waals surface area contributed by atoms with Gasteiger partial charge in [-0.15, -0.1) is 0 Å². The van der Waals surface area contributed by atoms with Crippen molar-refractivity contribution in [2.75, 3.05) is 0 Å². The van der Waals surface area contributed by atoms with E-state index < -0.39 is 4.92 Å². The van der Waals surface area contributed by atoms with Gasteiger partial charge in [-0.1, -0.05) is 0 Å². The molecule has 0 aromatic carbocycles. The second kappa shape index (κ2) is 3.76. The van der Waals surface area contributed by atoms with Crippen molar-refractivity contribution in [2.45, 2.75) is 20.3 Å². The molecule has 56 valence electrons. The van der Waals surface area contributed by atoms with Crippen LogP contribution < -0.4 is 0 Å². The van der Waals surface area contributed by atoms with Crippen LogP contribution in [0.1, 0.15) is 20.3 Å². The van der Waals surface area contributed by atoms with E-state index in [2.05, 4.69) is 0 Å². The van der Waals surface area contributed by atoms with E-state index >= 15 is 0 Å². The quantitative estimate of drug-likeness (QED) is 0.439. The van der Waals surface area contributed by atoms with Crippen molar-refractivity contribution >= 4 is 5.78 Å². The van der Waals surface area contributed by atoms with Gasteiger partial charge in [0.15, 0.2) is 0 Å². The Kier molecular flexibility index (Phi) is 3.32. The van der Waals surface area contributed by atoms with Crippen molar-refractivity contribution in [3.8, 4) is 0 Å². The monoisotopic (exact) mass is 143 g/mol. The van der Waals surface area contributed by atoms with E-state index in [1.807, 2.05) is 0 Å². The van der Waals surface area contributed by atoms with Crippen molar-refractivity contribution in [3.63, 3.8) is 0 Å². The van der Waals surface area contributed by atoms with Crippen molar-refractivity contribution < 1.29 is 9.72 Å². The lowest BCUT2D eigenvalue weighted by Gasteiger charge is -1.91. The average molecular weight is 143 g/mol. The van der Waals surface area contributed by atoms with Crippen LogP contribution >= 0.6 is 0 Å². The highest BCUT2D eigenvalue weighted by atomic mass is 16.6. The minimum absolute atomic E-state index is 0.0347. The van der Waals surface area contributed by atoms with Gasteiger partial charge in [-0.05, 0) is 19.9 Å². The van der Waals surface area contributed by atoms with Gasteiger partial charge in [-0.25, -0.2) is 0 Å². The van der Waals surface area contributed by atoms with Crippen LogP contribution in [0.15, 0.2) is 11.8 Å². The number of Topliss-reactive ketones (excluding diaryl/α,β-unsaturated/α-hetero) is 1. The summed E-state index contributed by atoms with van der Waals surface area (Å²) in [5, 5.41) is 10.1. The Morgan fingerprint density at radius 3 is 2.30 bits per heavy atom. The molecule has 0 unspecified atom stereocenters. The fourth-order valence-electron chi connectivity index (χ4n) is 0.527. The molecule has 0 aromatic heterocycles. The van der Waals surface area contributed by atoms with Crippen LogP contribution in [0.4, 0.5) is 0 Å². The minimum atomic E-state index is -0.540. The molecule has 0 bridgehead atoms. The lowest BCUT2D eigenvalue weighted by atomic mass is 10.2. The molecule has 0 fully saturated rings. The predicted molar refractivity (Wildman–Crippen MR) is 36.0 cm³/mol. The number of carbonyl (C=O) groups excluding carboxylic acids is 1. The maximum atomic E-state index is 10.4. The maximum absolute atomic E-state index is 10.4. The fourth-order valence-corrected chi connectivity index (χ4v) is 0.527. The Morgan fingerprint density at radius 2 is 2.20 bits per heavy atom. The predicted octanol–water partition coefficient (Wildman–Crippen LogP) is 1.15. The van der Waals surface area contributed by atoms with Crippen molar-refractivity contribution in [3.05, 3.63) is 21.9 Å². The minimum Gasteiger partial charge on any atom is -0.299 e. The first-order valence-corrected chi connectivity index (χ1v) is 2.87. The number of allylic oxidation sites excluding steroid dienone is 2. The summed E-state index contributed by atoms with van der Waals surface area (Å²) in [6, 6.07) is 0. The SMILES string of the molecule is C/C=C(/CC(C)=O)[N+](=O)[O-]. The van der Waals surface area contributed by atoms with Gasteiger partial charge in [0.1, 0.15) is 5.78 Å². The van der Waals surface area contributed by atoms with Crippen LogP contribution in [0.3, 0.4) is 0 Å². The lowest BCUT2D eigenvalue weighted by molar-refractivity contribution is -0.426. The highest BCUT2D eigenvalue weighted by Gasteiger charge is 2.10. The van der Waals surface area contributed by atoms with Gasteiger partial charge in [0, 0.05) is 0 Å². The van der Waals surface area contributed by atoms with Crippen LogP contribution in [-0.2, 0) is 4.79 Å². The molecule has 0 amide bonds. The molecule has 4 heteroatoms. The largest absolute Gasteiger partial charge is 0.299 e. The van der Waals surface area contributed by atoms with E-state index in [1.165, 1.54) is 13.0 Å². The Balaban J connectivity index is 4.12. The second-order valence-corrected chi connectivity index (χ2v) is 1.92. The summed E-state index contributed by atoms with van der Waals surface area (Å²) in [5.41, 5.74) is -0.0347. The zero-order valence-electron chi connectivity index (χ0n) is 5.96. The zero-order valence-corrected chi connectivity index (χ0v) is 5.96. The van der Waals surface area contributed by atoms with Crippen LogP contribution in [0.2, 0.25) is 0 Å². The first-order chi connectivity index (χ1) is 4.57. The first-order valence-electron chi connectivity index (χ1n) is 2.87. The molecule has 0 heterocycles. The summed E-state index contributed by atoms with van der Waals surface area (Å²) >= 11 is 0. The standard InChI is InChI=1S/C6H9NO3/c1-3-6(7(9)10)4-5(2)8/h3H,4H2,1-2H3/b6-3-. The van der Waals surface area contributed by atoms with E-state index in [1.54, 1.807) is 6.92 Å². The summed E-state index contributed by atoms with van der Waals surface area (Å²) in [5.74, 6) is -0.190. The molecule has 4 nitrogen and oxygen atoms in total. The molecule has 0 saturated heterocycles. The molecule has 0 aliphatic heterocycles. The van der Waals surface area contributed by atoms with E-state index in [0.29, 0.717) is 0 Å². The molecule has 0 spiro atoms. The Hall–Kier alpha value is -1.19. The van der Waals surface area contributed by atoms with Gasteiger partial charge in [0.25, 0.3) is 0 Å². The second-order valence-electron chi connectivity index (χ2n) is 1.92. The highest BCUT2D eigenvalue weighted by Crippen LogP contribution is 2.01. The van der Waals surface area contributed by atoms with Gasteiger partial charge in [-0.2, -0.15) is 0 Å². The van der Waals surface area contributed by atoms with Crippen molar-refractivity contribution in [2.24, 2.45) is 0 Å². The number of carbonyl (C=O) groups is 1. The van der Waals surface area contributed by atoms with Gasteiger partial charge < -0.3 is 0 Å². The third-order valence-corrected chi connectivity index (χ3v) is 0.998. The summed E-state index contributed by atoms with van der Waals surface area (Å²) in [4.78, 5) is 19.9. The fraction of sp³-hybridized carbons (Fsp3) is 0.500. The molecule has 0 saturated carbocycles. The van der Waals surface area contributed by atoms with E-state index in [-0.39, 0.29) is 17.9 Å². The molecule has 0 aromatic rings. The van der Waals surface area contributed by atoms with Crippen LogP contribution in [0.25, 0.3) is 0 Å². The third kappa shape index (κ3) is 2.96. The first kappa shape index (κ1) is 8.81. The molecule has 0 aliphatic carbocycles. The number of rotatable bonds is 3. The summed E-state index contributed by atoms with van der Waals surface area (Å²) in [6.45, 7) is 2.87. The molecular formula is C6H9NO3. The smallest absolute Gasteiger partial charge is 0.249 e. The number of nitro groups is 1. The topological polar surface area (TPSA) is 60.2 Å². The van der Waals surface area contributed by atoms with Crippen LogP contribution in [-0.4, -0.2) is 10.7 Å². The normalized spacial score (nSPS) is 11.2. The van der Waals surface area contributed by atoms with E-state index in [4.69, 9.17) is 0 Å². The van der Waals surface area contributed by atoms with Gasteiger partial charge in [-0.3, -0.25) is 14.9 Å². The summed E-state index contributed by atoms with van der Waals surface area (Å²) in [6.07, 6.45) is 1.25. The summed E-state index contributed by atoms with van der Waals surface area (Å²) < 4.78 is 0. The molecular weight excluding hydrogens is 134 g/mol. The molecule has 0 rings (SSSR count). The molecule has 0 N–H and O–H groups in total. The Labute approximate surface area is 58.7 Å². The molecule has 0 aliphatic rings. The third-order valence-electron chi connectivity index (χ3n) is 0.998. The van der Waals surface area contributed by atoms with Gasteiger partial charge in [0.05, 0.1) is 11.3 Å². The number of ketones is 1. The molecule has 0 atom stereocenters. The van der Waals surface area contributed by atoms with Gasteiger partial charge >= 0.3 is 0 Å². The van der Waals surface area contributed by atoms with Crippen LogP contribution in [0.5, 0.6) is 0 Å². The van der Waals surface area contributed by atoms with Crippen molar-refractivity contribution in [1.82, 2.24) is 0 Å².